The number of halogens is 1. The highest BCUT2D eigenvalue weighted by atomic mass is 79.9. The number of pyridine rings is 1. The molecule has 0 aliphatic carbocycles. The topological polar surface area (TPSA) is 45.2 Å². The van der Waals surface area contributed by atoms with Crippen LogP contribution in [0.2, 0.25) is 0 Å². The number of nitrogens with one attached hydrogen (secondary N) is 1. The van der Waals surface area contributed by atoms with Crippen LogP contribution in [0.4, 0.5) is 5.82 Å². The number of carbonyl (C=O) groups excluding carboxylic acids is 1. The van der Waals surface area contributed by atoms with Gasteiger partial charge in [0.15, 0.2) is 0 Å². The first-order valence-corrected chi connectivity index (χ1v) is 6.48. The fraction of sp³-hybridized carbons (Fsp3) is 0.500. The van der Waals surface area contributed by atoms with E-state index in [0.717, 1.165) is 16.8 Å². The van der Waals surface area contributed by atoms with Crippen LogP contribution in [-0.4, -0.2) is 30.0 Å². The van der Waals surface area contributed by atoms with Gasteiger partial charge in [-0.05, 0) is 48.8 Å². The number of aromatic nitrogens is 1. The van der Waals surface area contributed by atoms with Crippen molar-refractivity contribution in [2.24, 2.45) is 0 Å². The zero-order chi connectivity index (χ0) is 12.8. The molecule has 17 heavy (non-hydrogen) atoms. The Morgan fingerprint density at radius 1 is 1.59 bits per heavy atom. The Labute approximate surface area is 111 Å². The van der Waals surface area contributed by atoms with E-state index in [-0.39, 0.29) is 11.9 Å². The highest BCUT2D eigenvalue weighted by Crippen LogP contribution is 2.22. The first-order chi connectivity index (χ1) is 8.04. The van der Waals surface area contributed by atoms with Crippen LogP contribution in [-0.2, 0) is 4.79 Å². The number of carbonyl (C=O) groups is 1. The summed E-state index contributed by atoms with van der Waals surface area (Å²) < 4.78 is 0.902. The third-order valence-corrected chi connectivity index (χ3v) is 2.82. The van der Waals surface area contributed by atoms with E-state index in [4.69, 9.17) is 0 Å². The van der Waals surface area contributed by atoms with Crippen molar-refractivity contribution in [3.63, 3.8) is 0 Å². The molecule has 0 saturated heterocycles. The molecule has 0 aliphatic rings. The van der Waals surface area contributed by atoms with Gasteiger partial charge in [-0.2, -0.15) is 0 Å². The lowest BCUT2D eigenvalue weighted by atomic mass is 10.3. The molecule has 1 amide bonds. The van der Waals surface area contributed by atoms with Crippen LogP contribution in [0.15, 0.2) is 22.8 Å². The lowest BCUT2D eigenvalue weighted by Crippen LogP contribution is -2.40. The van der Waals surface area contributed by atoms with E-state index in [1.165, 1.54) is 0 Å². The molecule has 1 rings (SSSR count). The van der Waals surface area contributed by atoms with Crippen molar-refractivity contribution in [1.29, 1.82) is 0 Å². The first kappa shape index (κ1) is 14.0. The predicted molar refractivity (Wildman–Crippen MR) is 73.1 cm³/mol. The molecule has 5 heteroatoms. The van der Waals surface area contributed by atoms with Crippen LogP contribution >= 0.6 is 15.9 Å². The molecule has 1 heterocycles. The van der Waals surface area contributed by atoms with Gasteiger partial charge in [-0.1, -0.05) is 0 Å². The van der Waals surface area contributed by atoms with Gasteiger partial charge in [-0.25, -0.2) is 4.98 Å². The summed E-state index contributed by atoms with van der Waals surface area (Å²) in [6.45, 7) is 6.96. The van der Waals surface area contributed by atoms with Gasteiger partial charge in [0.05, 0.1) is 11.0 Å². The second-order valence-corrected chi connectivity index (χ2v) is 4.90. The van der Waals surface area contributed by atoms with E-state index < -0.39 is 0 Å². The van der Waals surface area contributed by atoms with Gasteiger partial charge in [-0.15, -0.1) is 0 Å². The average molecular weight is 300 g/mol. The number of nitrogens with zero attached hydrogens (tertiary/aromatic N) is 2. The fourth-order valence-corrected chi connectivity index (χ4v) is 1.99. The molecule has 1 aromatic rings. The van der Waals surface area contributed by atoms with Crippen LogP contribution in [0.3, 0.4) is 0 Å². The maximum absolute atomic E-state index is 11.7. The number of amides is 1. The molecule has 0 saturated carbocycles. The largest absolute Gasteiger partial charge is 0.352 e. The van der Waals surface area contributed by atoms with E-state index in [1.54, 1.807) is 6.20 Å². The minimum Gasteiger partial charge on any atom is -0.352 e. The van der Waals surface area contributed by atoms with Crippen molar-refractivity contribution in [2.75, 3.05) is 18.0 Å². The van der Waals surface area contributed by atoms with Crippen LogP contribution in [0.1, 0.15) is 20.8 Å². The van der Waals surface area contributed by atoms with E-state index >= 15 is 0 Å². The summed E-state index contributed by atoms with van der Waals surface area (Å²) in [4.78, 5) is 17.9. The Morgan fingerprint density at radius 3 is 2.82 bits per heavy atom. The highest BCUT2D eigenvalue weighted by Gasteiger charge is 2.13. The zero-order valence-electron chi connectivity index (χ0n) is 10.4. The van der Waals surface area contributed by atoms with Crippen molar-refractivity contribution in [1.82, 2.24) is 10.3 Å². The molecule has 0 aromatic carbocycles. The summed E-state index contributed by atoms with van der Waals surface area (Å²) in [7, 11) is 0. The smallest absolute Gasteiger partial charge is 0.239 e. The van der Waals surface area contributed by atoms with Crippen LogP contribution in [0.5, 0.6) is 0 Å². The van der Waals surface area contributed by atoms with Crippen molar-refractivity contribution in [2.45, 2.75) is 26.8 Å². The van der Waals surface area contributed by atoms with Gasteiger partial charge in [0, 0.05) is 18.8 Å². The predicted octanol–water partition coefficient (Wildman–Crippen LogP) is 2.19. The summed E-state index contributed by atoms with van der Waals surface area (Å²) in [5.41, 5.74) is 0. The van der Waals surface area contributed by atoms with Gasteiger partial charge in [0.2, 0.25) is 5.91 Å². The first-order valence-electron chi connectivity index (χ1n) is 5.69. The van der Waals surface area contributed by atoms with Crippen LogP contribution in [0.25, 0.3) is 0 Å². The number of anilines is 1. The van der Waals surface area contributed by atoms with E-state index in [0.29, 0.717) is 6.54 Å². The molecule has 0 atom stereocenters. The molecule has 4 nitrogen and oxygen atoms in total. The molecule has 0 spiro atoms. The fourth-order valence-electron chi connectivity index (χ4n) is 1.49. The molecule has 1 aromatic heterocycles. The highest BCUT2D eigenvalue weighted by molar-refractivity contribution is 9.10. The Balaban J connectivity index is 2.73. The second-order valence-electron chi connectivity index (χ2n) is 4.05. The zero-order valence-corrected chi connectivity index (χ0v) is 12.0. The van der Waals surface area contributed by atoms with Gasteiger partial charge in [0.25, 0.3) is 0 Å². The Bertz CT molecular complexity index is 382. The molecule has 0 fully saturated rings. The molecule has 0 aliphatic heterocycles. The van der Waals surface area contributed by atoms with Gasteiger partial charge in [-0.3, -0.25) is 4.79 Å². The number of hydrogen-bond acceptors (Lipinski definition) is 3. The molecule has 94 valence electrons. The molecule has 1 N–H and O–H groups in total. The second kappa shape index (κ2) is 6.59. The third-order valence-electron chi connectivity index (χ3n) is 2.20. The molecular formula is C12H18BrN3O. The summed E-state index contributed by atoms with van der Waals surface area (Å²) in [5, 5.41) is 2.87. The SMILES string of the molecule is CCN(CC(=O)NC(C)C)c1ncccc1Br. The number of hydrogen-bond donors (Lipinski definition) is 1. The number of likely N-dealkylation sites (N-methyl/N-ethyl adjacent to an activating group) is 1. The standard InChI is InChI=1S/C12H18BrN3O/c1-4-16(8-11(17)15-9(2)3)12-10(13)6-5-7-14-12/h5-7,9H,4,8H2,1-3H3,(H,15,17). The minimum absolute atomic E-state index is 0.0133. The monoisotopic (exact) mass is 299 g/mol. The summed E-state index contributed by atoms with van der Waals surface area (Å²) in [6, 6.07) is 3.94. The lowest BCUT2D eigenvalue weighted by molar-refractivity contribution is -0.120. The molecule has 0 radical (unpaired) electrons. The average Bonchev–Trinajstić information content (AvgIpc) is 2.26. The maximum Gasteiger partial charge on any atom is 0.239 e. The third kappa shape index (κ3) is 4.34. The van der Waals surface area contributed by atoms with E-state index in [1.807, 2.05) is 37.8 Å². The maximum atomic E-state index is 11.7. The summed E-state index contributed by atoms with van der Waals surface area (Å²) in [6.07, 6.45) is 1.73. The number of rotatable bonds is 5. The van der Waals surface area contributed by atoms with E-state index in [2.05, 4.69) is 26.2 Å². The van der Waals surface area contributed by atoms with Crippen molar-refractivity contribution >= 4 is 27.7 Å². The normalized spacial score (nSPS) is 10.4. The molecular weight excluding hydrogens is 282 g/mol. The Morgan fingerprint density at radius 2 is 2.29 bits per heavy atom. The van der Waals surface area contributed by atoms with Crippen LogP contribution < -0.4 is 10.2 Å². The van der Waals surface area contributed by atoms with Gasteiger partial charge < -0.3 is 10.2 Å². The van der Waals surface area contributed by atoms with Gasteiger partial charge in [0.1, 0.15) is 5.82 Å². The summed E-state index contributed by atoms with van der Waals surface area (Å²) >= 11 is 3.44. The quantitative estimate of drug-likeness (QED) is 0.906. The summed E-state index contributed by atoms with van der Waals surface area (Å²) in [5.74, 6) is 0.813. The van der Waals surface area contributed by atoms with Crippen molar-refractivity contribution < 1.29 is 4.79 Å². The van der Waals surface area contributed by atoms with Crippen molar-refractivity contribution in [3.8, 4) is 0 Å². The Kier molecular flexibility index (Phi) is 5.41. The van der Waals surface area contributed by atoms with Crippen LogP contribution in [0, 0.1) is 0 Å². The minimum atomic E-state index is 0.0133. The lowest BCUT2D eigenvalue weighted by Gasteiger charge is -2.22. The van der Waals surface area contributed by atoms with E-state index in [9.17, 15) is 4.79 Å². The molecule has 0 unspecified atom stereocenters. The Hall–Kier alpha value is -1.10. The van der Waals surface area contributed by atoms with Crippen molar-refractivity contribution in [3.05, 3.63) is 22.8 Å². The molecule has 0 bridgehead atoms. The van der Waals surface area contributed by atoms with Gasteiger partial charge >= 0.3 is 0 Å².